The quantitative estimate of drug-likeness (QED) is 0.751. The summed E-state index contributed by atoms with van der Waals surface area (Å²) >= 11 is 0. The Labute approximate surface area is 88.7 Å². The van der Waals surface area contributed by atoms with E-state index in [-0.39, 0.29) is 0 Å². The Morgan fingerprint density at radius 2 is 2.00 bits per heavy atom. The van der Waals surface area contributed by atoms with E-state index in [1.165, 1.54) is 6.20 Å². The predicted molar refractivity (Wildman–Crippen MR) is 61.3 cm³/mol. The van der Waals surface area contributed by atoms with E-state index in [9.17, 15) is 4.79 Å². The third kappa shape index (κ3) is 2.01. The van der Waals surface area contributed by atoms with Crippen LogP contribution in [0.1, 0.15) is 29.8 Å². The smallest absolute Gasteiger partial charge is 0.337 e. The van der Waals surface area contributed by atoms with Crippen LogP contribution < -0.4 is 0 Å². The van der Waals surface area contributed by atoms with Crippen LogP contribution in [0.15, 0.2) is 24.4 Å². The molecule has 2 aromatic rings. The lowest BCUT2D eigenvalue weighted by molar-refractivity contribution is 0.0699. The number of hydrogen-bond donors (Lipinski definition) is 2. The molecule has 15 heavy (non-hydrogen) atoms. The highest BCUT2D eigenvalue weighted by molar-refractivity contribution is 6.03. The minimum atomic E-state index is -0.892. The van der Waals surface area contributed by atoms with E-state index < -0.39 is 5.97 Å². The third-order valence-electron chi connectivity index (χ3n) is 2.15. The van der Waals surface area contributed by atoms with Crippen molar-refractivity contribution in [2.45, 2.75) is 20.8 Å². The maximum Gasteiger partial charge on any atom is 0.337 e. The van der Waals surface area contributed by atoms with Gasteiger partial charge in [0.1, 0.15) is 0 Å². The van der Waals surface area contributed by atoms with Gasteiger partial charge < -0.3 is 10.1 Å². The Hall–Kier alpha value is -1.77. The number of aromatic carboxylic acids is 1. The summed E-state index contributed by atoms with van der Waals surface area (Å²) in [6, 6.07) is 5.62. The fourth-order valence-corrected chi connectivity index (χ4v) is 1.48. The van der Waals surface area contributed by atoms with Gasteiger partial charge in [-0.3, -0.25) is 0 Å². The van der Waals surface area contributed by atoms with Gasteiger partial charge in [-0.1, -0.05) is 32.0 Å². The standard InChI is InChI=1S/C10H9NO2.C2H6/c1-6-3-2-4-7-8(10(12)13)5-11-9(6)7;1-2/h2-5,11H,1H3,(H,12,13);1-2H3. The number of nitrogens with one attached hydrogen (secondary N) is 1. The third-order valence-corrected chi connectivity index (χ3v) is 2.15. The molecule has 0 aliphatic heterocycles. The molecule has 0 unspecified atom stereocenters. The molecule has 0 saturated heterocycles. The van der Waals surface area contributed by atoms with E-state index in [1.54, 1.807) is 0 Å². The van der Waals surface area contributed by atoms with Crippen LogP contribution in [0.2, 0.25) is 0 Å². The van der Waals surface area contributed by atoms with Crippen LogP contribution in [0, 0.1) is 6.92 Å². The van der Waals surface area contributed by atoms with Crippen molar-refractivity contribution in [3.63, 3.8) is 0 Å². The Balaban J connectivity index is 0.000000531. The first-order chi connectivity index (χ1) is 7.20. The molecule has 0 aliphatic rings. The molecule has 0 aliphatic carbocycles. The van der Waals surface area contributed by atoms with Crippen LogP contribution in [0.5, 0.6) is 0 Å². The Morgan fingerprint density at radius 3 is 2.60 bits per heavy atom. The number of aromatic nitrogens is 1. The summed E-state index contributed by atoms with van der Waals surface area (Å²) in [6.07, 6.45) is 1.53. The molecule has 1 aromatic heterocycles. The molecule has 3 heteroatoms. The van der Waals surface area contributed by atoms with Crippen molar-refractivity contribution in [2.75, 3.05) is 0 Å². The van der Waals surface area contributed by atoms with Crippen molar-refractivity contribution in [3.05, 3.63) is 35.5 Å². The molecule has 0 spiro atoms. The molecular formula is C12H15NO2. The number of aryl methyl sites for hydroxylation is 1. The number of hydrogen-bond acceptors (Lipinski definition) is 1. The first kappa shape index (κ1) is 11.3. The second-order valence-corrected chi connectivity index (χ2v) is 3.00. The largest absolute Gasteiger partial charge is 0.478 e. The average molecular weight is 205 g/mol. The molecule has 0 amide bonds. The fraction of sp³-hybridized carbons (Fsp3) is 0.250. The van der Waals surface area contributed by atoms with Crippen molar-refractivity contribution in [1.29, 1.82) is 0 Å². The van der Waals surface area contributed by atoms with Gasteiger partial charge in [-0.2, -0.15) is 0 Å². The molecule has 0 atom stereocenters. The van der Waals surface area contributed by atoms with E-state index in [2.05, 4.69) is 4.98 Å². The normalized spacial score (nSPS) is 9.53. The number of para-hydroxylation sites is 1. The summed E-state index contributed by atoms with van der Waals surface area (Å²) in [4.78, 5) is 13.7. The van der Waals surface area contributed by atoms with Gasteiger partial charge in [-0.25, -0.2) is 4.79 Å². The van der Waals surface area contributed by atoms with Gasteiger partial charge in [0.25, 0.3) is 0 Å². The zero-order chi connectivity index (χ0) is 11.4. The summed E-state index contributed by atoms with van der Waals surface area (Å²) in [5, 5.41) is 9.61. The molecule has 80 valence electrons. The van der Waals surface area contributed by atoms with Gasteiger partial charge in [0.2, 0.25) is 0 Å². The number of H-pyrrole nitrogens is 1. The maximum atomic E-state index is 10.8. The zero-order valence-corrected chi connectivity index (χ0v) is 9.16. The molecule has 0 radical (unpaired) electrons. The van der Waals surface area contributed by atoms with Gasteiger partial charge in [-0.15, -0.1) is 0 Å². The Bertz CT molecular complexity index is 471. The topological polar surface area (TPSA) is 53.1 Å². The fourth-order valence-electron chi connectivity index (χ4n) is 1.48. The summed E-state index contributed by atoms with van der Waals surface area (Å²) in [5.74, 6) is -0.892. The molecular weight excluding hydrogens is 190 g/mol. The number of carbonyl (C=O) groups is 1. The second-order valence-electron chi connectivity index (χ2n) is 3.00. The SMILES string of the molecule is CC.Cc1cccc2c(C(=O)O)c[nH]c12. The van der Waals surface area contributed by atoms with Crippen molar-refractivity contribution in [3.8, 4) is 0 Å². The number of carboxylic acid groups (broad SMARTS) is 1. The maximum absolute atomic E-state index is 10.8. The second kappa shape index (κ2) is 4.64. The lowest BCUT2D eigenvalue weighted by atomic mass is 10.1. The molecule has 3 nitrogen and oxygen atoms in total. The molecule has 1 aromatic carbocycles. The van der Waals surface area contributed by atoms with Gasteiger partial charge in [0.05, 0.1) is 5.56 Å². The number of benzene rings is 1. The lowest BCUT2D eigenvalue weighted by Gasteiger charge is -1.94. The van der Waals surface area contributed by atoms with E-state index in [0.29, 0.717) is 5.56 Å². The number of carboxylic acids is 1. The van der Waals surface area contributed by atoms with Crippen LogP contribution in [-0.2, 0) is 0 Å². The van der Waals surface area contributed by atoms with Gasteiger partial charge >= 0.3 is 5.97 Å². The molecule has 0 bridgehead atoms. The first-order valence-corrected chi connectivity index (χ1v) is 5.00. The number of fused-ring (bicyclic) bond motifs is 1. The van der Waals surface area contributed by atoms with Crippen molar-refractivity contribution in [2.24, 2.45) is 0 Å². The monoisotopic (exact) mass is 205 g/mol. The number of aromatic amines is 1. The molecule has 1 heterocycles. The van der Waals surface area contributed by atoms with Crippen molar-refractivity contribution >= 4 is 16.9 Å². The van der Waals surface area contributed by atoms with Gasteiger partial charge in [0.15, 0.2) is 0 Å². The molecule has 0 fully saturated rings. The van der Waals surface area contributed by atoms with E-state index in [1.807, 2.05) is 39.0 Å². The predicted octanol–water partition coefficient (Wildman–Crippen LogP) is 3.20. The van der Waals surface area contributed by atoms with Crippen LogP contribution in [0.4, 0.5) is 0 Å². The van der Waals surface area contributed by atoms with Crippen LogP contribution in [0.25, 0.3) is 10.9 Å². The highest BCUT2D eigenvalue weighted by Crippen LogP contribution is 2.20. The summed E-state index contributed by atoms with van der Waals surface area (Å²) in [6.45, 7) is 5.95. The Kier molecular flexibility index (Phi) is 3.50. The average Bonchev–Trinajstić information content (AvgIpc) is 2.66. The van der Waals surface area contributed by atoms with Crippen molar-refractivity contribution < 1.29 is 9.90 Å². The molecule has 0 saturated carbocycles. The van der Waals surface area contributed by atoms with Crippen LogP contribution in [0.3, 0.4) is 0 Å². The number of rotatable bonds is 1. The lowest BCUT2D eigenvalue weighted by Crippen LogP contribution is -1.93. The first-order valence-electron chi connectivity index (χ1n) is 5.00. The van der Waals surface area contributed by atoms with Gasteiger partial charge in [0, 0.05) is 17.1 Å². The summed E-state index contributed by atoms with van der Waals surface area (Å²) < 4.78 is 0. The van der Waals surface area contributed by atoms with E-state index in [4.69, 9.17) is 5.11 Å². The molecule has 2 rings (SSSR count). The minimum Gasteiger partial charge on any atom is -0.478 e. The minimum absolute atomic E-state index is 0.332. The van der Waals surface area contributed by atoms with Crippen LogP contribution >= 0.6 is 0 Å². The Morgan fingerprint density at radius 1 is 1.33 bits per heavy atom. The zero-order valence-electron chi connectivity index (χ0n) is 9.16. The van der Waals surface area contributed by atoms with Gasteiger partial charge in [-0.05, 0) is 12.5 Å². The molecule has 2 N–H and O–H groups in total. The highest BCUT2D eigenvalue weighted by atomic mass is 16.4. The van der Waals surface area contributed by atoms with E-state index in [0.717, 1.165) is 16.5 Å². The van der Waals surface area contributed by atoms with Crippen LogP contribution in [-0.4, -0.2) is 16.1 Å². The summed E-state index contributed by atoms with van der Waals surface area (Å²) in [7, 11) is 0. The van der Waals surface area contributed by atoms with Crippen molar-refractivity contribution in [1.82, 2.24) is 4.98 Å². The van der Waals surface area contributed by atoms with E-state index >= 15 is 0 Å². The highest BCUT2D eigenvalue weighted by Gasteiger charge is 2.10. The summed E-state index contributed by atoms with van der Waals surface area (Å²) in [5.41, 5.74) is 2.30.